The first-order chi connectivity index (χ1) is 5.63. The van der Waals surface area contributed by atoms with E-state index in [1.165, 1.54) is 0 Å². The van der Waals surface area contributed by atoms with Gasteiger partial charge in [0.05, 0.1) is 6.10 Å². The van der Waals surface area contributed by atoms with Crippen LogP contribution in [-0.4, -0.2) is 11.2 Å². The monoisotopic (exact) mass is 170 g/mol. The molecular weight excluding hydrogens is 148 g/mol. The molecule has 1 N–H and O–H groups in total. The van der Waals surface area contributed by atoms with Crippen molar-refractivity contribution in [2.24, 2.45) is 11.8 Å². The van der Waals surface area contributed by atoms with Gasteiger partial charge in [-0.15, -0.1) is 0 Å². The van der Waals surface area contributed by atoms with Crippen molar-refractivity contribution in [1.29, 1.82) is 0 Å². The van der Waals surface area contributed by atoms with Gasteiger partial charge in [-0.05, 0) is 31.1 Å². The fourth-order valence-corrected chi connectivity index (χ4v) is 1.29. The molecule has 0 aliphatic heterocycles. The summed E-state index contributed by atoms with van der Waals surface area (Å²) in [6, 6.07) is 0. The van der Waals surface area contributed by atoms with Crippen molar-refractivity contribution < 1.29 is 5.11 Å². The lowest BCUT2D eigenvalue weighted by Crippen LogP contribution is -2.25. The predicted molar refractivity (Wildman–Crippen MR) is 53.5 cm³/mol. The third-order valence-electron chi connectivity index (χ3n) is 2.55. The van der Waals surface area contributed by atoms with Crippen molar-refractivity contribution in [3.05, 3.63) is 12.8 Å². The van der Waals surface area contributed by atoms with E-state index in [1.807, 2.05) is 13.3 Å². The van der Waals surface area contributed by atoms with Crippen LogP contribution in [0.4, 0.5) is 0 Å². The van der Waals surface area contributed by atoms with Crippen LogP contribution < -0.4 is 0 Å². The second kappa shape index (κ2) is 6.47. The van der Waals surface area contributed by atoms with Crippen LogP contribution in [0, 0.1) is 24.7 Å². The van der Waals surface area contributed by atoms with Crippen molar-refractivity contribution in [1.82, 2.24) is 0 Å². The van der Waals surface area contributed by atoms with Gasteiger partial charge in [-0.2, -0.15) is 0 Å². The molecule has 0 aliphatic carbocycles. The molecule has 0 aromatic heterocycles. The van der Waals surface area contributed by atoms with Gasteiger partial charge in [0.25, 0.3) is 0 Å². The van der Waals surface area contributed by atoms with Gasteiger partial charge in [-0.1, -0.05) is 34.1 Å². The summed E-state index contributed by atoms with van der Waals surface area (Å²) in [7, 11) is 0. The highest BCUT2D eigenvalue weighted by Crippen LogP contribution is 2.19. The quantitative estimate of drug-likeness (QED) is 0.650. The maximum absolute atomic E-state index is 9.78. The predicted octanol–water partition coefficient (Wildman–Crippen LogP) is 2.85. The van der Waals surface area contributed by atoms with E-state index in [4.69, 9.17) is 0 Å². The van der Waals surface area contributed by atoms with Crippen LogP contribution in [0.15, 0.2) is 0 Å². The molecule has 0 saturated carbocycles. The number of aliphatic hydroxyl groups is 1. The highest BCUT2D eigenvalue weighted by Gasteiger charge is 2.18. The first-order valence-corrected chi connectivity index (χ1v) is 4.92. The Hall–Kier alpha value is -0.0400. The number of unbranched alkanes of at least 4 members (excludes halogenated alkanes) is 1. The molecule has 0 aromatic carbocycles. The first kappa shape index (κ1) is 12.0. The minimum absolute atomic E-state index is 0.147. The summed E-state index contributed by atoms with van der Waals surface area (Å²) in [4.78, 5) is 0. The molecule has 1 nitrogen and oxygen atoms in total. The van der Waals surface area contributed by atoms with Gasteiger partial charge in [0.15, 0.2) is 0 Å². The molecule has 0 spiro atoms. The number of aliphatic hydroxyl groups excluding tert-OH is 1. The van der Waals surface area contributed by atoms with E-state index in [2.05, 4.69) is 27.2 Å². The van der Waals surface area contributed by atoms with E-state index in [1.54, 1.807) is 0 Å². The average molecular weight is 170 g/mol. The number of rotatable bonds is 6. The highest BCUT2D eigenvalue weighted by molar-refractivity contribution is 4.83. The molecular formula is C11H22O. The minimum atomic E-state index is -0.147. The molecule has 0 aromatic rings. The van der Waals surface area contributed by atoms with Crippen molar-refractivity contribution >= 4 is 0 Å². The first-order valence-electron chi connectivity index (χ1n) is 4.92. The average Bonchev–Trinajstić information content (AvgIpc) is 2.11. The summed E-state index contributed by atoms with van der Waals surface area (Å²) in [6.45, 7) is 8.35. The Kier molecular flexibility index (Phi) is 6.45. The summed E-state index contributed by atoms with van der Waals surface area (Å²) in [5.41, 5.74) is 0. The Morgan fingerprint density at radius 3 is 2.25 bits per heavy atom. The standard InChI is InChI=1S/C11H22O/c1-5-7-8-10(4)11(12)9(3)6-2/h5,7,9-12H,6,8H2,1-4H3/t9-,10+,11-/m0/s1. The summed E-state index contributed by atoms with van der Waals surface area (Å²) < 4.78 is 0. The van der Waals surface area contributed by atoms with E-state index in [0.29, 0.717) is 11.8 Å². The summed E-state index contributed by atoms with van der Waals surface area (Å²) >= 11 is 0. The van der Waals surface area contributed by atoms with Gasteiger partial charge < -0.3 is 5.11 Å². The van der Waals surface area contributed by atoms with E-state index in [9.17, 15) is 5.11 Å². The van der Waals surface area contributed by atoms with E-state index >= 15 is 0 Å². The second-order valence-corrected chi connectivity index (χ2v) is 3.66. The van der Waals surface area contributed by atoms with E-state index in [0.717, 1.165) is 12.8 Å². The smallest absolute Gasteiger partial charge is 0.0591 e. The Bertz CT molecular complexity index is 101. The van der Waals surface area contributed by atoms with Crippen LogP contribution in [0.1, 0.15) is 40.5 Å². The molecule has 0 heterocycles. The normalized spacial score (nSPS) is 18.8. The Labute approximate surface area is 77.2 Å². The summed E-state index contributed by atoms with van der Waals surface area (Å²) in [6.07, 6.45) is 6.06. The lowest BCUT2D eigenvalue weighted by molar-refractivity contribution is 0.0631. The second-order valence-electron chi connectivity index (χ2n) is 3.66. The molecule has 12 heavy (non-hydrogen) atoms. The van der Waals surface area contributed by atoms with Crippen molar-refractivity contribution in [2.45, 2.75) is 46.6 Å². The van der Waals surface area contributed by atoms with Gasteiger partial charge in [0.1, 0.15) is 0 Å². The molecule has 0 bridgehead atoms. The maximum Gasteiger partial charge on any atom is 0.0591 e. The number of hydrogen-bond donors (Lipinski definition) is 1. The molecule has 0 fully saturated rings. The van der Waals surface area contributed by atoms with Crippen molar-refractivity contribution in [2.75, 3.05) is 0 Å². The number of hydrogen-bond acceptors (Lipinski definition) is 1. The molecule has 72 valence electrons. The molecule has 0 saturated heterocycles. The summed E-state index contributed by atoms with van der Waals surface area (Å²) in [5, 5.41) is 9.78. The van der Waals surface area contributed by atoms with Crippen molar-refractivity contribution in [3.8, 4) is 0 Å². The Balaban J connectivity index is 3.67. The topological polar surface area (TPSA) is 20.2 Å². The van der Waals surface area contributed by atoms with Gasteiger partial charge in [-0.25, -0.2) is 0 Å². The maximum atomic E-state index is 9.78. The summed E-state index contributed by atoms with van der Waals surface area (Å²) in [5.74, 6) is 0.807. The SMILES string of the molecule is C[CH][CH]C[C@@H](C)[C@@H](O)[C@@H](C)CC. The van der Waals surface area contributed by atoms with Crippen LogP contribution in [0.5, 0.6) is 0 Å². The van der Waals surface area contributed by atoms with Gasteiger partial charge >= 0.3 is 0 Å². The minimum Gasteiger partial charge on any atom is -0.393 e. The largest absolute Gasteiger partial charge is 0.393 e. The van der Waals surface area contributed by atoms with Gasteiger partial charge in [-0.3, -0.25) is 0 Å². The van der Waals surface area contributed by atoms with Gasteiger partial charge in [0, 0.05) is 0 Å². The molecule has 0 amide bonds. The third-order valence-corrected chi connectivity index (χ3v) is 2.55. The lowest BCUT2D eigenvalue weighted by atomic mass is 9.88. The zero-order chi connectivity index (χ0) is 9.56. The van der Waals surface area contributed by atoms with E-state index in [-0.39, 0.29) is 6.10 Å². The zero-order valence-corrected chi connectivity index (χ0v) is 8.75. The van der Waals surface area contributed by atoms with Crippen molar-refractivity contribution in [3.63, 3.8) is 0 Å². The molecule has 0 aliphatic rings. The highest BCUT2D eigenvalue weighted by atomic mass is 16.3. The van der Waals surface area contributed by atoms with Crippen LogP contribution in [0.25, 0.3) is 0 Å². The Morgan fingerprint density at radius 1 is 1.25 bits per heavy atom. The van der Waals surface area contributed by atoms with Gasteiger partial charge in [0.2, 0.25) is 0 Å². The molecule has 2 radical (unpaired) electrons. The third kappa shape index (κ3) is 4.10. The Morgan fingerprint density at radius 2 is 1.83 bits per heavy atom. The fraction of sp³-hybridized carbons (Fsp3) is 0.818. The zero-order valence-electron chi connectivity index (χ0n) is 8.75. The van der Waals surface area contributed by atoms with Crippen LogP contribution in [-0.2, 0) is 0 Å². The molecule has 0 unspecified atom stereocenters. The lowest BCUT2D eigenvalue weighted by Gasteiger charge is -2.23. The van der Waals surface area contributed by atoms with Crippen LogP contribution >= 0.6 is 0 Å². The van der Waals surface area contributed by atoms with Crippen LogP contribution in [0.3, 0.4) is 0 Å². The fourth-order valence-electron chi connectivity index (χ4n) is 1.29. The van der Waals surface area contributed by atoms with Crippen LogP contribution in [0.2, 0.25) is 0 Å². The molecule has 3 atom stereocenters. The molecule has 0 rings (SSSR count). The van der Waals surface area contributed by atoms with E-state index < -0.39 is 0 Å². The molecule has 1 heteroatoms.